The Morgan fingerprint density at radius 3 is 2.56 bits per heavy atom. The lowest BCUT2D eigenvalue weighted by Crippen LogP contribution is -2.30. The Hall–Kier alpha value is -1.42. The number of pyridine rings is 1. The first-order chi connectivity index (χ1) is 8.79. The van der Waals surface area contributed by atoms with Crippen LogP contribution in [-0.4, -0.2) is 24.5 Å². The number of anilines is 1. The zero-order valence-electron chi connectivity index (χ0n) is 10.9. The Labute approximate surface area is 108 Å². The minimum atomic E-state index is 0.157. The Balaban J connectivity index is 1.81. The summed E-state index contributed by atoms with van der Waals surface area (Å²) in [6.07, 6.45) is 7.69. The molecule has 18 heavy (non-hydrogen) atoms. The second-order valence-corrected chi connectivity index (χ2v) is 5.00. The second-order valence-electron chi connectivity index (χ2n) is 5.00. The van der Waals surface area contributed by atoms with Crippen molar-refractivity contribution in [2.45, 2.75) is 25.7 Å². The van der Waals surface area contributed by atoms with Gasteiger partial charge in [-0.3, -0.25) is 9.78 Å². The van der Waals surface area contributed by atoms with Crippen molar-refractivity contribution in [3.63, 3.8) is 0 Å². The van der Waals surface area contributed by atoms with Crippen LogP contribution in [0.4, 0.5) is 5.69 Å². The lowest BCUT2D eigenvalue weighted by Gasteiger charge is -2.27. The van der Waals surface area contributed by atoms with Crippen molar-refractivity contribution in [3.8, 4) is 0 Å². The van der Waals surface area contributed by atoms with Gasteiger partial charge in [-0.05, 0) is 57.3 Å². The average Bonchev–Trinajstić information content (AvgIpc) is 2.41. The molecule has 0 spiro atoms. The van der Waals surface area contributed by atoms with Gasteiger partial charge in [0.05, 0.1) is 0 Å². The lowest BCUT2D eigenvalue weighted by molar-refractivity contribution is -0.121. The van der Waals surface area contributed by atoms with E-state index in [1.54, 1.807) is 12.4 Å². The molecular formula is C14H21N3O. The number of hydrogen-bond donors (Lipinski definition) is 2. The van der Waals surface area contributed by atoms with E-state index in [2.05, 4.69) is 15.6 Å². The van der Waals surface area contributed by atoms with Gasteiger partial charge in [-0.1, -0.05) is 0 Å². The summed E-state index contributed by atoms with van der Waals surface area (Å²) in [7, 11) is 1.99. The van der Waals surface area contributed by atoms with Crippen LogP contribution in [0.5, 0.6) is 0 Å². The molecule has 0 saturated heterocycles. The number of rotatable bonds is 4. The fourth-order valence-corrected chi connectivity index (χ4v) is 2.60. The third-order valence-corrected chi connectivity index (χ3v) is 3.66. The van der Waals surface area contributed by atoms with E-state index in [1.807, 2.05) is 19.2 Å². The molecule has 0 bridgehead atoms. The quantitative estimate of drug-likeness (QED) is 0.856. The molecule has 0 aliphatic heterocycles. The maximum absolute atomic E-state index is 12.1. The summed E-state index contributed by atoms with van der Waals surface area (Å²) in [5, 5.41) is 6.18. The van der Waals surface area contributed by atoms with Gasteiger partial charge in [0.2, 0.25) is 5.91 Å². The number of hydrogen-bond acceptors (Lipinski definition) is 3. The number of nitrogens with one attached hydrogen (secondary N) is 2. The summed E-state index contributed by atoms with van der Waals surface area (Å²) in [6.45, 7) is 1.07. The first kappa shape index (κ1) is 13.0. The maximum Gasteiger partial charge on any atom is 0.227 e. The summed E-state index contributed by atoms with van der Waals surface area (Å²) in [6, 6.07) is 3.65. The van der Waals surface area contributed by atoms with Crippen LogP contribution in [0.15, 0.2) is 24.5 Å². The van der Waals surface area contributed by atoms with Crippen LogP contribution in [0.25, 0.3) is 0 Å². The molecule has 1 fully saturated rings. The normalized spacial score (nSPS) is 23.6. The molecule has 1 heterocycles. The summed E-state index contributed by atoms with van der Waals surface area (Å²) >= 11 is 0. The van der Waals surface area contributed by atoms with Gasteiger partial charge >= 0.3 is 0 Å². The molecule has 1 amide bonds. The summed E-state index contributed by atoms with van der Waals surface area (Å²) in [5.74, 6) is 1.07. The predicted molar refractivity (Wildman–Crippen MR) is 72.2 cm³/mol. The highest BCUT2D eigenvalue weighted by atomic mass is 16.1. The van der Waals surface area contributed by atoms with Crippen molar-refractivity contribution < 1.29 is 4.79 Å². The van der Waals surface area contributed by atoms with Gasteiger partial charge in [-0.2, -0.15) is 0 Å². The molecule has 0 atom stereocenters. The van der Waals surface area contributed by atoms with Crippen LogP contribution >= 0.6 is 0 Å². The number of nitrogens with zero attached hydrogens (tertiary/aromatic N) is 1. The van der Waals surface area contributed by atoms with Crippen LogP contribution in [0.1, 0.15) is 25.7 Å². The van der Waals surface area contributed by atoms with Gasteiger partial charge in [-0.15, -0.1) is 0 Å². The fraction of sp³-hybridized carbons (Fsp3) is 0.571. The first-order valence-electron chi connectivity index (χ1n) is 6.65. The molecule has 4 nitrogen and oxygen atoms in total. The van der Waals surface area contributed by atoms with Gasteiger partial charge in [0.1, 0.15) is 0 Å². The van der Waals surface area contributed by atoms with E-state index in [0.29, 0.717) is 0 Å². The van der Waals surface area contributed by atoms with Crippen LogP contribution in [0.2, 0.25) is 0 Å². The molecule has 1 aromatic rings. The molecule has 1 aliphatic rings. The lowest BCUT2D eigenvalue weighted by atomic mass is 9.81. The van der Waals surface area contributed by atoms with Crippen molar-refractivity contribution in [2.75, 3.05) is 18.9 Å². The molecule has 1 saturated carbocycles. The standard InChI is InChI=1S/C14H21N3O/c1-15-10-11-2-4-12(5-3-11)14(18)17-13-6-8-16-9-7-13/h6-9,11-12,15H,2-5,10H2,1H3,(H,16,17,18)/t11-,12-. The topological polar surface area (TPSA) is 54.0 Å². The van der Waals surface area contributed by atoms with Crippen LogP contribution in [0.3, 0.4) is 0 Å². The molecule has 1 aromatic heterocycles. The van der Waals surface area contributed by atoms with Crippen molar-refractivity contribution in [1.29, 1.82) is 0 Å². The van der Waals surface area contributed by atoms with Gasteiger partial charge in [0.15, 0.2) is 0 Å². The summed E-state index contributed by atoms with van der Waals surface area (Å²) in [4.78, 5) is 16.0. The first-order valence-corrected chi connectivity index (χ1v) is 6.65. The van der Waals surface area contributed by atoms with Crippen molar-refractivity contribution in [3.05, 3.63) is 24.5 Å². The predicted octanol–water partition coefficient (Wildman–Crippen LogP) is 2.05. The largest absolute Gasteiger partial charge is 0.326 e. The molecule has 2 rings (SSSR count). The highest BCUT2D eigenvalue weighted by Gasteiger charge is 2.25. The van der Waals surface area contributed by atoms with Gasteiger partial charge in [-0.25, -0.2) is 0 Å². The van der Waals surface area contributed by atoms with E-state index in [0.717, 1.165) is 43.8 Å². The molecular weight excluding hydrogens is 226 g/mol. The Morgan fingerprint density at radius 2 is 1.94 bits per heavy atom. The van der Waals surface area contributed by atoms with E-state index < -0.39 is 0 Å². The molecule has 98 valence electrons. The second kappa shape index (κ2) is 6.50. The van der Waals surface area contributed by atoms with E-state index in [1.165, 1.54) is 0 Å². The Morgan fingerprint density at radius 1 is 1.28 bits per heavy atom. The Kier molecular flexibility index (Phi) is 4.70. The molecule has 2 N–H and O–H groups in total. The number of aromatic nitrogens is 1. The minimum Gasteiger partial charge on any atom is -0.326 e. The van der Waals surface area contributed by atoms with Crippen LogP contribution in [-0.2, 0) is 4.79 Å². The molecule has 0 unspecified atom stereocenters. The smallest absolute Gasteiger partial charge is 0.227 e. The van der Waals surface area contributed by atoms with E-state index in [9.17, 15) is 4.79 Å². The summed E-state index contributed by atoms with van der Waals surface area (Å²) in [5.41, 5.74) is 0.840. The van der Waals surface area contributed by atoms with Crippen molar-refractivity contribution >= 4 is 11.6 Å². The van der Waals surface area contributed by atoms with E-state index >= 15 is 0 Å². The monoisotopic (exact) mass is 247 g/mol. The number of carbonyl (C=O) groups excluding carboxylic acids is 1. The molecule has 1 aliphatic carbocycles. The zero-order chi connectivity index (χ0) is 12.8. The number of carbonyl (C=O) groups is 1. The third-order valence-electron chi connectivity index (χ3n) is 3.66. The highest BCUT2D eigenvalue weighted by Crippen LogP contribution is 2.29. The molecule has 0 aromatic carbocycles. The molecule has 4 heteroatoms. The van der Waals surface area contributed by atoms with Crippen molar-refractivity contribution in [1.82, 2.24) is 10.3 Å². The third kappa shape index (κ3) is 3.53. The fourth-order valence-electron chi connectivity index (χ4n) is 2.60. The van der Waals surface area contributed by atoms with Gasteiger partial charge < -0.3 is 10.6 Å². The van der Waals surface area contributed by atoms with Gasteiger partial charge in [0.25, 0.3) is 0 Å². The van der Waals surface area contributed by atoms with E-state index in [4.69, 9.17) is 0 Å². The van der Waals surface area contributed by atoms with Crippen LogP contribution < -0.4 is 10.6 Å². The van der Waals surface area contributed by atoms with E-state index in [-0.39, 0.29) is 11.8 Å². The summed E-state index contributed by atoms with van der Waals surface area (Å²) < 4.78 is 0. The Bertz CT molecular complexity index is 372. The molecule has 0 radical (unpaired) electrons. The van der Waals surface area contributed by atoms with Gasteiger partial charge in [0, 0.05) is 24.0 Å². The van der Waals surface area contributed by atoms with Crippen molar-refractivity contribution in [2.24, 2.45) is 11.8 Å². The van der Waals surface area contributed by atoms with Crippen LogP contribution in [0, 0.1) is 11.8 Å². The zero-order valence-corrected chi connectivity index (χ0v) is 10.9. The SMILES string of the molecule is CNC[C@H]1CC[C@H](C(=O)Nc2ccncc2)CC1. The highest BCUT2D eigenvalue weighted by molar-refractivity contribution is 5.92. The minimum absolute atomic E-state index is 0.157. The average molecular weight is 247 g/mol. The number of amides is 1. The maximum atomic E-state index is 12.1.